The van der Waals surface area contributed by atoms with Gasteiger partial charge in [0.25, 0.3) is 5.91 Å². The van der Waals surface area contributed by atoms with Crippen molar-refractivity contribution in [1.29, 1.82) is 0 Å². The molecule has 0 saturated carbocycles. The molecular formula is C24H19FN2OS. The first-order valence-corrected chi connectivity index (χ1v) is 10.1. The predicted octanol–water partition coefficient (Wildman–Crippen LogP) is 6.19. The summed E-state index contributed by atoms with van der Waals surface area (Å²) in [7, 11) is 0. The summed E-state index contributed by atoms with van der Waals surface area (Å²) in [5.74, 6) is -0.409. The molecular weight excluding hydrogens is 383 g/mol. The lowest BCUT2D eigenvalue weighted by Gasteiger charge is -2.24. The third-order valence-corrected chi connectivity index (χ3v) is 5.64. The highest BCUT2D eigenvalue weighted by atomic mass is 32.2. The number of nitrogens with zero attached hydrogens (tertiary/aromatic N) is 2. The number of halogens is 1. The Morgan fingerprint density at radius 3 is 2.21 bits per heavy atom. The number of aliphatic imine (C=N–C) groups is 1. The third kappa shape index (κ3) is 4.30. The van der Waals surface area contributed by atoms with Crippen LogP contribution in [0.2, 0.25) is 0 Å². The number of hydrogen-bond donors (Lipinski definition) is 0. The Bertz CT molecular complexity index is 1060. The van der Waals surface area contributed by atoms with Gasteiger partial charge in [-0.05, 0) is 60.2 Å². The van der Waals surface area contributed by atoms with E-state index in [1.54, 1.807) is 23.1 Å². The van der Waals surface area contributed by atoms with Gasteiger partial charge in [-0.15, -0.1) is 0 Å². The molecule has 0 bridgehead atoms. The molecule has 1 heterocycles. The van der Waals surface area contributed by atoms with E-state index in [2.05, 4.69) is 0 Å². The van der Waals surface area contributed by atoms with Crippen LogP contribution in [0.4, 0.5) is 10.1 Å². The molecule has 29 heavy (non-hydrogen) atoms. The molecule has 4 rings (SSSR count). The minimum absolute atomic E-state index is 0.106. The number of thioether (sulfide) groups is 1. The zero-order valence-electron chi connectivity index (χ0n) is 15.8. The SMILES string of the molecule is C[C@@H](c1ccccc1)N1C(=O)/C(=C\c2ccc(F)cc2)SC1=Nc1ccccc1. The van der Waals surface area contributed by atoms with E-state index in [-0.39, 0.29) is 17.8 Å². The molecule has 1 amide bonds. The van der Waals surface area contributed by atoms with E-state index in [1.165, 1.54) is 23.9 Å². The van der Waals surface area contributed by atoms with Crippen molar-refractivity contribution in [2.45, 2.75) is 13.0 Å². The van der Waals surface area contributed by atoms with Gasteiger partial charge in [0.2, 0.25) is 0 Å². The second-order valence-corrected chi connectivity index (χ2v) is 7.66. The van der Waals surface area contributed by atoms with Gasteiger partial charge in [-0.25, -0.2) is 9.38 Å². The van der Waals surface area contributed by atoms with Crippen LogP contribution in [0.25, 0.3) is 6.08 Å². The number of amides is 1. The average Bonchev–Trinajstić information content (AvgIpc) is 3.05. The number of para-hydroxylation sites is 1. The van der Waals surface area contributed by atoms with E-state index in [0.717, 1.165) is 16.8 Å². The van der Waals surface area contributed by atoms with Crippen molar-refractivity contribution >= 4 is 34.6 Å². The topological polar surface area (TPSA) is 32.7 Å². The minimum atomic E-state index is -0.303. The zero-order valence-corrected chi connectivity index (χ0v) is 16.6. The summed E-state index contributed by atoms with van der Waals surface area (Å²) in [6, 6.07) is 25.4. The van der Waals surface area contributed by atoms with E-state index in [1.807, 2.05) is 67.6 Å². The Kier molecular flexibility index (Phi) is 5.58. The van der Waals surface area contributed by atoms with E-state index in [0.29, 0.717) is 10.1 Å². The first-order chi connectivity index (χ1) is 14.1. The molecule has 0 unspecified atom stereocenters. The highest BCUT2D eigenvalue weighted by Gasteiger charge is 2.37. The smallest absolute Gasteiger partial charge is 0.267 e. The Balaban J connectivity index is 1.74. The number of benzene rings is 3. The summed E-state index contributed by atoms with van der Waals surface area (Å²) in [6.07, 6.45) is 1.78. The molecule has 144 valence electrons. The molecule has 1 fully saturated rings. The molecule has 1 aliphatic rings. The summed E-state index contributed by atoms with van der Waals surface area (Å²) < 4.78 is 13.2. The molecule has 0 aliphatic carbocycles. The Morgan fingerprint density at radius 1 is 0.931 bits per heavy atom. The van der Waals surface area contributed by atoms with Crippen LogP contribution < -0.4 is 0 Å². The molecule has 5 heteroatoms. The maximum Gasteiger partial charge on any atom is 0.267 e. The van der Waals surface area contributed by atoms with Crippen molar-refractivity contribution in [2.24, 2.45) is 4.99 Å². The van der Waals surface area contributed by atoms with Crippen LogP contribution in [0.3, 0.4) is 0 Å². The van der Waals surface area contributed by atoms with Crippen LogP contribution in [0.5, 0.6) is 0 Å². The molecule has 1 aliphatic heterocycles. The van der Waals surface area contributed by atoms with Crippen molar-refractivity contribution in [3.8, 4) is 0 Å². The van der Waals surface area contributed by atoms with Crippen LogP contribution in [-0.4, -0.2) is 16.0 Å². The maximum absolute atomic E-state index is 13.3. The largest absolute Gasteiger partial charge is 0.279 e. The lowest BCUT2D eigenvalue weighted by molar-refractivity contribution is -0.123. The average molecular weight is 402 g/mol. The summed E-state index contributed by atoms with van der Waals surface area (Å²) in [4.78, 5) is 20.3. The van der Waals surface area contributed by atoms with Gasteiger partial charge in [0, 0.05) is 0 Å². The molecule has 1 saturated heterocycles. The van der Waals surface area contributed by atoms with Gasteiger partial charge < -0.3 is 0 Å². The van der Waals surface area contributed by atoms with Crippen molar-refractivity contribution in [2.75, 3.05) is 0 Å². The molecule has 0 radical (unpaired) electrons. The number of rotatable bonds is 4. The van der Waals surface area contributed by atoms with Crippen molar-refractivity contribution in [1.82, 2.24) is 4.90 Å². The van der Waals surface area contributed by atoms with Gasteiger partial charge >= 0.3 is 0 Å². The van der Waals surface area contributed by atoms with E-state index in [9.17, 15) is 9.18 Å². The van der Waals surface area contributed by atoms with Crippen LogP contribution >= 0.6 is 11.8 Å². The molecule has 0 aromatic heterocycles. The first kappa shape index (κ1) is 19.2. The van der Waals surface area contributed by atoms with E-state index in [4.69, 9.17) is 4.99 Å². The number of carbonyl (C=O) groups excluding carboxylic acids is 1. The molecule has 1 atom stereocenters. The molecule has 3 aromatic rings. The van der Waals surface area contributed by atoms with Crippen molar-refractivity contribution in [3.63, 3.8) is 0 Å². The fourth-order valence-electron chi connectivity index (χ4n) is 3.11. The monoisotopic (exact) mass is 402 g/mol. The minimum Gasteiger partial charge on any atom is -0.279 e. The van der Waals surface area contributed by atoms with Gasteiger partial charge in [0.1, 0.15) is 5.82 Å². The molecule has 0 N–H and O–H groups in total. The number of hydrogen-bond acceptors (Lipinski definition) is 3. The van der Waals surface area contributed by atoms with Crippen LogP contribution in [0.1, 0.15) is 24.1 Å². The van der Waals surface area contributed by atoms with Crippen LogP contribution in [0, 0.1) is 5.82 Å². The fraction of sp³-hybridized carbons (Fsp3) is 0.0833. The predicted molar refractivity (Wildman–Crippen MR) is 117 cm³/mol. The van der Waals surface area contributed by atoms with E-state index >= 15 is 0 Å². The Hall–Kier alpha value is -3.18. The lowest BCUT2D eigenvalue weighted by atomic mass is 10.1. The van der Waals surface area contributed by atoms with Gasteiger partial charge in [-0.3, -0.25) is 9.69 Å². The zero-order chi connectivity index (χ0) is 20.2. The number of carbonyl (C=O) groups is 1. The quantitative estimate of drug-likeness (QED) is 0.487. The van der Waals surface area contributed by atoms with Gasteiger partial charge in [-0.2, -0.15) is 0 Å². The summed E-state index contributed by atoms with van der Waals surface area (Å²) in [6.45, 7) is 2.00. The van der Waals surface area contributed by atoms with Crippen molar-refractivity contribution < 1.29 is 9.18 Å². The van der Waals surface area contributed by atoms with Gasteiger partial charge in [0.15, 0.2) is 5.17 Å². The number of amidine groups is 1. The summed E-state index contributed by atoms with van der Waals surface area (Å²) in [5.41, 5.74) is 2.59. The van der Waals surface area contributed by atoms with Gasteiger partial charge in [0.05, 0.1) is 16.6 Å². The van der Waals surface area contributed by atoms with Crippen molar-refractivity contribution in [3.05, 3.63) is 107 Å². The van der Waals surface area contributed by atoms with E-state index < -0.39 is 0 Å². The third-order valence-electron chi connectivity index (χ3n) is 4.65. The normalized spacial score (nSPS) is 17.9. The highest BCUT2D eigenvalue weighted by Crippen LogP contribution is 2.39. The second kappa shape index (κ2) is 8.45. The van der Waals surface area contributed by atoms with Crippen LogP contribution in [-0.2, 0) is 4.79 Å². The summed E-state index contributed by atoms with van der Waals surface area (Å²) >= 11 is 1.34. The Morgan fingerprint density at radius 2 is 1.55 bits per heavy atom. The van der Waals surface area contributed by atoms with Crippen LogP contribution in [0.15, 0.2) is 94.8 Å². The molecule has 3 nitrogen and oxygen atoms in total. The summed E-state index contributed by atoms with van der Waals surface area (Å²) in [5, 5.41) is 0.630. The maximum atomic E-state index is 13.3. The lowest BCUT2D eigenvalue weighted by Crippen LogP contribution is -2.32. The first-order valence-electron chi connectivity index (χ1n) is 9.29. The fourth-order valence-corrected chi connectivity index (χ4v) is 4.18. The van der Waals surface area contributed by atoms with Gasteiger partial charge in [-0.1, -0.05) is 60.7 Å². The Labute approximate surface area is 173 Å². The standard InChI is InChI=1S/C24H19FN2OS/c1-17(19-8-4-2-5-9-19)27-23(28)22(16-18-12-14-20(25)15-13-18)29-24(27)26-21-10-6-3-7-11-21/h2-17H,1H3/b22-16+,26-24?/t17-/m0/s1. The second-order valence-electron chi connectivity index (χ2n) is 6.65. The molecule has 3 aromatic carbocycles. The molecule has 0 spiro atoms. The highest BCUT2D eigenvalue weighted by molar-refractivity contribution is 8.18.